The number of fused-ring (bicyclic) bond motifs is 2. The number of thiazole rings is 2. The van der Waals surface area contributed by atoms with Gasteiger partial charge in [-0.25, -0.2) is 28.3 Å². The van der Waals surface area contributed by atoms with E-state index in [0.717, 1.165) is 57.8 Å². The summed E-state index contributed by atoms with van der Waals surface area (Å²) in [6, 6.07) is 28.5. The Hall–Kier alpha value is -7.32. The van der Waals surface area contributed by atoms with E-state index >= 15 is 0 Å². The van der Waals surface area contributed by atoms with E-state index < -0.39 is 29.2 Å². The number of halogens is 2. The van der Waals surface area contributed by atoms with Crippen LogP contribution in [0.4, 0.5) is 25.8 Å². The molecule has 19 heteroatoms. The molecule has 10 rings (SSSR count). The van der Waals surface area contributed by atoms with Gasteiger partial charge in [-0.3, -0.25) is 19.1 Å². The minimum Gasteiger partial charge on any atom is -0.508 e. The number of benzene rings is 4. The summed E-state index contributed by atoms with van der Waals surface area (Å²) >= 11 is 6.27. The van der Waals surface area contributed by atoms with Crippen molar-refractivity contribution >= 4 is 85.5 Å². The summed E-state index contributed by atoms with van der Waals surface area (Å²) in [7, 11) is 3.35. The summed E-state index contributed by atoms with van der Waals surface area (Å²) in [6.45, 7) is 3.95. The van der Waals surface area contributed by atoms with Crippen LogP contribution in [-0.2, 0) is 7.05 Å². The lowest BCUT2D eigenvalue weighted by atomic mass is 10.0. The lowest BCUT2D eigenvalue weighted by molar-refractivity contribution is 0.0969. The fourth-order valence-corrected chi connectivity index (χ4v) is 9.86. The summed E-state index contributed by atoms with van der Waals surface area (Å²) < 4.78 is 32.3. The Morgan fingerprint density at radius 3 is 1.88 bits per heavy atom. The molecule has 1 atom stereocenters. The van der Waals surface area contributed by atoms with Gasteiger partial charge in [0, 0.05) is 41.1 Å². The molecule has 4 N–H and O–H groups in total. The second-order valence-corrected chi connectivity index (χ2v) is 18.7. The molecule has 1 unspecified atom stereocenters. The molecular weight excluding hydrogens is 927 g/mol. The Balaban J connectivity index is 0.000000152. The van der Waals surface area contributed by atoms with E-state index in [2.05, 4.69) is 14.4 Å². The average Bonchev–Trinajstić information content (AvgIpc) is 4.15. The summed E-state index contributed by atoms with van der Waals surface area (Å²) in [6.07, 6.45) is 0.446. The molecule has 4 aromatic carbocycles. The first-order valence-corrected chi connectivity index (χ1v) is 23.0. The highest BCUT2D eigenvalue weighted by Crippen LogP contribution is 2.44. The second kappa shape index (κ2) is 20.2. The monoisotopic (exact) mass is 964 g/mol. The Morgan fingerprint density at radius 1 is 0.727 bits per heavy atom. The predicted molar refractivity (Wildman–Crippen MR) is 258 cm³/mol. The third kappa shape index (κ3) is 10.6. The van der Waals surface area contributed by atoms with Crippen molar-refractivity contribution in [2.75, 3.05) is 22.6 Å². The Kier molecular flexibility index (Phi) is 14.3. The van der Waals surface area contributed by atoms with Crippen LogP contribution in [0.5, 0.6) is 11.5 Å². The van der Waals surface area contributed by atoms with Crippen molar-refractivity contribution in [1.29, 1.82) is 0 Å². The van der Waals surface area contributed by atoms with Gasteiger partial charge in [0.25, 0.3) is 5.91 Å². The molecule has 0 radical (unpaired) electrons. The van der Waals surface area contributed by atoms with Crippen LogP contribution >= 0.6 is 45.3 Å². The van der Waals surface area contributed by atoms with Crippen LogP contribution < -0.4 is 26.9 Å². The maximum absolute atomic E-state index is 14.0. The molecule has 1 amide bonds. The van der Waals surface area contributed by atoms with Gasteiger partial charge in [-0.05, 0) is 123 Å². The number of phenolic OH excluding ortho intramolecular Hbond substituents is 2. The van der Waals surface area contributed by atoms with Gasteiger partial charge >= 0.3 is 11.4 Å². The molecular formula is C47H38F2N6O7S4. The second-order valence-electron chi connectivity index (χ2n) is 14.3. The van der Waals surface area contributed by atoms with E-state index in [4.69, 9.17) is 10.8 Å². The van der Waals surface area contributed by atoms with Gasteiger partial charge in [0.15, 0.2) is 6.29 Å². The Bertz CT molecular complexity index is 3270. The number of hydrogen-bond acceptors (Lipinski definition) is 15. The molecule has 0 saturated heterocycles. The highest BCUT2D eigenvalue weighted by atomic mass is 32.1. The SMILES string of the molecule is Cc1nc(-c2ccc(C3N(C)c4ccc(F)cc4C(=O)N3c3ccc(O)cc3)s2)cs1.Cc1nc(-c2ccc(C=O)s2)cs1.Cn1c(=O)oc(=O)c2cc(F)ccc21.Nc1ccc(O)cc1. The standard InChI is InChI=1S/C23H18FN3O2S2.C9H6FNO3.C9H7NOS2.C6H7NO/c1-13-25-18(12-30-13)20-9-10-21(31-20)22-26(2)19-8-3-14(24)11-17(19)23(29)27(22)15-4-6-16(28)7-5-15;1-11-7-3-2-5(10)4-6(7)8(12)14-9(11)13;1-6-10-8(5-12-6)9-3-2-7(4-11)13-9;7-5-1-3-6(8)4-2-5/h3-12,22,28H,1-2H3;2-4H,1H3;2-5H,1H3;1-4,8H,7H2. The predicted octanol–water partition coefficient (Wildman–Crippen LogP) is 10.4. The van der Waals surface area contributed by atoms with E-state index in [0.29, 0.717) is 28.1 Å². The number of nitrogens with zero attached hydrogens (tertiary/aromatic N) is 5. The third-order valence-corrected chi connectivity index (χ3v) is 13.5. The third-order valence-electron chi connectivity index (χ3n) is 9.78. The minimum atomic E-state index is -0.817. The molecule has 0 spiro atoms. The maximum atomic E-state index is 14.0. The molecule has 0 fully saturated rings. The molecule has 1 aliphatic rings. The highest BCUT2D eigenvalue weighted by molar-refractivity contribution is 7.17. The average molecular weight is 965 g/mol. The van der Waals surface area contributed by atoms with Crippen molar-refractivity contribution in [2.24, 2.45) is 7.05 Å². The van der Waals surface area contributed by atoms with Crippen LogP contribution in [0.3, 0.4) is 0 Å². The van der Waals surface area contributed by atoms with Crippen molar-refractivity contribution in [3.63, 3.8) is 0 Å². The highest BCUT2D eigenvalue weighted by Gasteiger charge is 2.39. The van der Waals surface area contributed by atoms with Crippen LogP contribution in [0.1, 0.15) is 41.1 Å². The zero-order valence-corrected chi connectivity index (χ0v) is 38.6. The van der Waals surface area contributed by atoms with Crippen LogP contribution in [0.25, 0.3) is 32.0 Å². The van der Waals surface area contributed by atoms with E-state index in [1.807, 2.05) is 60.8 Å². The number of carbonyl (C=O) groups is 2. The topological polar surface area (TPSA) is 185 Å². The maximum Gasteiger partial charge on any atom is 0.422 e. The Labute approximate surface area is 391 Å². The molecule has 0 bridgehead atoms. The number of aryl methyl sites for hydroxylation is 3. The number of aromatic nitrogens is 3. The first-order valence-electron chi connectivity index (χ1n) is 19.6. The fraction of sp³-hybridized carbons (Fsp3) is 0.106. The lowest BCUT2D eigenvalue weighted by Crippen LogP contribution is -2.48. The number of nitrogens with two attached hydrogens (primary N) is 1. The molecule has 5 aromatic heterocycles. The molecule has 1 aliphatic heterocycles. The quantitative estimate of drug-likeness (QED) is 0.0847. The van der Waals surface area contributed by atoms with Gasteiger partial charge < -0.3 is 25.3 Å². The largest absolute Gasteiger partial charge is 0.508 e. The number of amides is 1. The van der Waals surface area contributed by atoms with Crippen molar-refractivity contribution in [3.8, 4) is 32.6 Å². The van der Waals surface area contributed by atoms with Gasteiger partial charge in [-0.1, -0.05) is 0 Å². The normalized spacial score (nSPS) is 12.9. The number of anilines is 3. The van der Waals surface area contributed by atoms with Gasteiger partial charge in [-0.15, -0.1) is 45.3 Å². The molecule has 0 saturated carbocycles. The van der Waals surface area contributed by atoms with Crippen LogP contribution in [0.15, 0.2) is 134 Å². The zero-order chi connectivity index (χ0) is 47.2. The Morgan fingerprint density at radius 2 is 1.30 bits per heavy atom. The lowest BCUT2D eigenvalue weighted by Gasteiger charge is -2.43. The molecule has 13 nitrogen and oxygen atoms in total. The van der Waals surface area contributed by atoms with Gasteiger partial charge in [0.2, 0.25) is 0 Å². The first-order chi connectivity index (χ1) is 31.6. The molecule has 336 valence electrons. The smallest absolute Gasteiger partial charge is 0.422 e. The molecule has 9 aromatic rings. The van der Waals surface area contributed by atoms with Crippen LogP contribution in [0.2, 0.25) is 0 Å². The number of phenols is 2. The van der Waals surface area contributed by atoms with E-state index in [1.165, 1.54) is 42.6 Å². The number of hydrogen-bond donors (Lipinski definition) is 3. The van der Waals surface area contributed by atoms with Gasteiger partial charge in [-0.2, -0.15) is 0 Å². The number of aromatic hydroxyl groups is 2. The summed E-state index contributed by atoms with van der Waals surface area (Å²) in [4.78, 5) is 62.5. The molecule has 66 heavy (non-hydrogen) atoms. The van der Waals surface area contributed by atoms with Crippen molar-refractivity contribution in [1.82, 2.24) is 14.5 Å². The zero-order valence-electron chi connectivity index (χ0n) is 35.3. The number of thiophene rings is 2. The van der Waals surface area contributed by atoms with Gasteiger partial charge in [0.05, 0.1) is 58.2 Å². The van der Waals surface area contributed by atoms with E-state index in [-0.39, 0.29) is 22.8 Å². The summed E-state index contributed by atoms with van der Waals surface area (Å²) in [5, 5.41) is 24.6. The van der Waals surface area contributed by atoms with E-state index in [1.54, 1.807) is 93.5 Å². The van der Waals surface area contributed by atoms with E-state index in [9.17, 15) is 33.1 Å². The minimum absolute atomic E-state index is 0.0621. The number of rotatable bonds is 5. The van der Waals surface area contributed by atoms with Gasteiger partial charge in [0.1, 0.15) is 29.3 Å². The van der Waals surface area contributed by atoms with Crippen molar-refractivity contribution in [3.05, 3.63) is 178 Å². The van der Waals surface area contributed by atoms with Crippen LogP contribution in [0, 0.1) is 25.5 Å². The number of nitrogen functional groups attached to an aromatic ring is 1. The summed E-state index contributed by atoms with van der Waals surface area (Å²) in [5.41, 5.74) is 9.01. The molecule has 0 aliphatic carbocycles. The van der Waals surface area contributed by atoms with Crippen LogP contribution in [-0.4, -0.2) is 44.0 Å². The first kappa shape index (κ1) is 46.7. The summed E-state index contributed by atoms with van der Waals surface area (Å²) in [5.74, 6) is -1.68. The number of aldehydes is 1. The van der Waals surface area contributed by atoms with Crippen molar-refractivity contribution < 1.29 is 33.0 Å². The number of carbonyl (C=O) groups excluding carboxylic acids is 2. The molecule has 6 heterocycles. The van der Waals surface area contributed by atoms with Crippen molar-refractivity contribution in [2.45, 2.75) is 20.0 Å². The fourth-order valence-electron chi connectivity index (χ4n) is 6.60.